The Balaban J connectivity index is 1.31. The fourth-order valence-electron chi connectivity index (χ4n) is 4.53. The molecule has 214 valence electrons. The number of nitrogens with zero attached hydrogens (tertiary/aromatic N) is 1. The molecule has 1 amide bonds. The van der Waals surface area contributed by atoms with Gasteiger partial charge < -0.3 is 25.6 Å². The number of nitrogens with one attached hydrogen (secondary N) is 1. The van der Waals surface area contributed by atoms with Crippen LogP contribution in [0.25, 0.3) is 21.7 Å². The third-order valence-electron chi connectivity index (χ3n) is 6.68. The predicted octanol–water partition coefficient (Wildman–Crippen LogP) is 6.77. The standard InChI is InChI=1S/C33H30ClN3O5/c34-24-12-13-28(30(39)20-24)36-32(40)26-18-23-9-3-4-10-27(23)37-33(26)42-15-5-11-29(38)25-17-21-7-1-2-8-22(21)19-31(25)41-16-6-14-35/h1-4,7-10,12-13,17-20,39H,5-6,11,14-16,35H2,(H,36,40). The summed E-state index contributed by atoms with van der Waals surface area (Å²) in [4.78, 5) is 31.1. The number of benzene rings is 4. The van der Waals surface area contributed by atoms with Gasteiger partial charge in [0.05, 0.1) is 30.0 Å². The van der Waals surface area contributed by atoms with Crippen LogP contribution in [0.1, 0.15) is 40.0 Å². The highest BCUT2D eigenvalue weighted by molar-refractivity contribution is 6.30. The number of anilines is 1. The molecule has 1 aromatic heterocycles. The number of aromatic hydroxyl groups is 1. The predicted molar refractivity (Wildman–Crippen MR) is 165 cm³/mol. The van der Waals surface area contributed by atoms with Gasteiger partial charge in [0, 0.05) is 22.9 Å². The Kier molecular flexibility index (Phi) is 9.16. The second-order valence-electron chi connectivity index (χ2n) is 9.71. The van der Waals surface area contributed by atoms with Crippen molar-refractivity contribution >= 4 is 50.7 Å². The topological polar surface area (TPSA) is 124 Å². The maximum atomic E-state index is 13.3. The summed E-state index contributed by atoms with van der Waals surface area (Å²) in [6, 6.07) is 25.0. The third-order valence-corrected chi connectivity index (χ3v) is 6.92. The van der Waals surface area contributed by atoms with Gasteiger partial charge in [-0.3, -0.25) is 9.59 Å². The lowest BCUT2D eigenvalue weighted by molar-refractivity contribution is 0.0965. The Morgan fingerprint density at radius 1 is 0.833 bits per heavy atom. The highest BCUT2D eigenvalue weighted by atomic mass is 35.5. The smallest absolute Gasteiger partial charge is 0.261 e. The van der Waals surface area contributed by atoms with Gasteiger partial charge in [0.1, 0.15) is 17.1 Å². The Morgan fingerprint density at radius 3 is 2.29 bits per heavy atom. The van der Waals surface area contributed by atoms with Crippen molar-refractivity contribution in [3.8, 4) is 17.4 Å². The van der Waals surface area contributed by atoms with Gasteiger partial charge in [-0.15, -0.1) is 0 Å². The largest absolute Gasteiger partial charge is 0.506 e. The van der Waals surface area contributed by atoms with Crippen LogP contribution in [-0.2, 0) is 0 Å². The Bertz CT molecular complexity index is 1760. The van der Waals surface area contributed by atoms with E-state index in [0.717, 1.165) is 16.2 Å². The minimum absolute atomic E-state index is 0.0743. The fourth-order valence-corrected chi connectivity index (χ4v) is 4.70. The summed E-state index contributed by atoms with van der Waals surface area (Å²) in [6.45, 7) is 1.07. The van der Waals surface area contributed by atoms with Gasteiger partial charge in [-0.25, -0.2) is 4.98 Å². The molecule has 4 N–H and O–H groups in total. The zero-order chi connectivity index (χ0) is 29.5. The van der Waals surface area contributed by atoms with Crippen LogP contribution in [0.4, 0.5) is 5.69 Å². The lowest BCUT2D eigenvalue weighted by Gasteiger charge is -2.14. The number of Topliss-reactive ketones (excluding diaryl/α,β-unsaturated/α-hetero) is 1. The number of carbonyl (C=O) groups excluding carboxylic acids is 2. The van der Waals surface area contributed by atoms with Crippen LogP contribution in [0.3, 0.4) is 0 Å². The van der Waals surface area contributed by atoms with Crippen LogP contribution in [0.5, 0.6) is 17.4 Å². The van der Waals surface area contributed by atoms with Crippen LogP contribution >= 0.6 is 11.6 Å². The summed E-state index contributed by atoms with van der Waals surface area (Å²) >= 11 is 5.92. The molecule has 0 aliphatic rings. The SMILES string of the molecule is NCCCOc1cc2ccccc2cc1C(=O)CCCOc1nc2ccccc2cc1C(=O)Nc1ccc(Cl)cc1O. The highest BCUT2D eigenvalue weighted by Crippen LogP contribution is 2.30. The van der Waals surface area contributed by atoms with Gasteiger partial charge in [-0.05, 0) is 66.6 Å². The minimum atomic E-state index is -0.507. The number of carbonyl (C=O) groups is 2. The van der Waals surface area contributed by atoms with E-state index in [-0.39, 0.29) is 41.7 Å². The van der Waals surface area contributed by atoms with E-state index in [1.165, 1.54) is 12.1 Å². The maximum Gasteiger partial charge on any atom is 0.261 e. The number of ether oxygens (including phenoxy) is 2. The molecule has 0 saturated carbocycles. The molecular weight excluding hydrogens is 554 g/mol. The number of nitrogens with two attached hydrogens (primary N) is 1. The molecular formula is C33H30ClN3O5. The van der Waals surface area contributed by atoms with Gasteiger partial charge in [0.15, 0.2) is 5.78 Å². The number of amides is 1. The van der Waals surface area contributed by atoms with Gasteiger partial charge in [-0.1, -0.05) is 54.1 Å². The summed E-state index contributed by atoms with van der Waals surface area (Å²) in [7, 11) is 0. The maximum absolute atomic E-state index is 13.3. The van der Waals surface area contributed by atoms with Crippen LogP contribution in [0.15, 0.2) is 84.9 Å². The van der Waals surface area contributed by atoms with Crippen LogP contribution in [0.2, 0.25) is 5.02 Å². The molecule has 0 aliphatic carbocycles. The second kappa shape index (κ2) is 13.3. The van der Waals surface area contributed by atoms with Crippen molar-refractivity contribution < 1.29 is 24.2 Å². The quantitative estimate of drug-likeness (QED) is 0.0841. The number of hydrogen-bond donors (Lipinski definition) is 3. The molecule has 0 atom stereocenters. The average molecular weight is 584 g/mol. The first-order valence-corrected chi connectivity index (χ1v) is 14.0. The van der Waals surface area contributed by atoms with E-state index in [9.17, 15) is 14.7 Å². The number of hydrogen-bond acceptors (Lipinski definition) is 7. The number of rotatable bonds is 12. The van der Waals surface area contributed by atoms with Gasteiger partial charge >= 0.3 is 0 Å². The van der Waals surface area contributed by atoms with Crippen molar-refractivity contribution in [1.82, 2.24) is 4.98 Å². The minimum Gasteiger partial charge on any atom is -0.506 e. The second-order valence-corrected chi connectivity index (χ2v) is 10.1. The molecule has 8 nitrogen and oxygen atoms in total. The number of halogens is 1. The van der Waals surface area contributed by atoms with E-state index >= 15 is 0 Å². The fraction of sp³-hybridized carbons (Fsp3) is 0.182. The van der Waals surface area contributed by atoms with Crippen LogP contribution < -0.4 is 20.5 Å². The highest BCUT2D eigenvalue weighted by Gasteiger charge is 2.19. The van der Waals surface area contributed by atoms with Crippen LogP contribution in [0, 0.1) is 0 Å². The molecule has 0 aliphatic heterocycles. The van der Waals surface area contributed by atoms with Crippen molar-refractivity contribution in [3.63, 3.8) is 0 Å². The first kappa shape index (κ1) is 28.9. The molecule has 0 unspecified atom stereocenters. The summed E-state index contributed by atoms with van der Waals surface area (Å²) in [6.07, 6.45) is 1.28. The number of pyridine rings is 1. The van der Waals surface area contributed by atoms with E-state index in [1.807, 2.05) is 60.7 Å². The molecule has 1 heterocycles. The van der Waals surface area contributed by atoms with E-state index < -0.39 is 5.91 Å². The molecule has 0 radical (unpaired) electrons. The van der Waals surface area contributed by atoms with Crippen molar-refractivity contribution in [3.05, 3.63) is 101 Å². The molecule has 0 saturated heterocycles. The third kappa shape index (κ3) is 6.79. The molecule has 9 heteroatoms. The van der Waals surface area contributed by atoms with E-state index in [0.29, 0.717) is 47.8 Å². The van der Waals surface area contributed by atoms with Crippen molar-refractivity contribution in [2.75, 3.05) is 25.1 Å². The summed E-state index contributed by atoms with van der Waals surface area (Å²) in [5.41, 5.74) is 7.18. The average Bonchev–Trinajstić information content (AvgIpc) is 3.00. The Morgan fingerprint density at radius 2 is 1.52 bits per heavy atom. The van der Waals surface area contributed by atoms with Gasteiger partial charge in [-0.2, -0.15) is 0 Å². The number of para-hydroxylation sites is 1. The molecule has 5 aromatic rings. The summed E-state index contributed by atoms with van der Waals surface area (Å²) in [5.74, 6) is -0.0786. The molecule has 0 spiro atoms. The number of aromatic nitrogens is 1. The Labute approximate surface area is 248 Å². The lowest BCUT2D eigenvalue weighted by atomic mass is 10.0. The number of ketones is 1. The monoisotopic (exact) mass is 583 g/mol. The van der Waals surface area contributed by atoms with Crippen molar-refractivity contribution in [2.24, 2.45) is 5.73 Å². The van der Waals surface area contributed by atoms with E-state index in [4.69, 9.17) is 26.8 Å². The molecule has 0 bridgehead atoms. The van der Waals surface area contributed by atoms with Crippen molar-refractivity contribution in [1.29, 1.82) is 0 Å². The van der Waals surface area contributed by atoms with Crippen molar-refractivity contribution in [2.45, 2.75) is 19.3 Å². The van der Waals surface area contributed by atoms with E-state index in [1.54, 1.807) is 12.1 Å². The zero-order valence-electron chi connectivity index (χ0n) is 22.8. The number of phenolic OH excluding ortho intramolecular Hbond substituents is 1. The normalized spacial score (nSPS) is 11.0. The molecule has 42 heavy (non-hydrogen) atoms. The summed E-state index contributed by atoms with van der Waals surface area (Å²) in [5, 5.41) is 15.9. The molecule has 5 rings (SSSR count). The lowest BCUT2D eigenvalue weighted by Crippen LogP contribution is -2.15. The summed E-state index contributed by atoms with van der Waals surface area (Å²) < 4.78 is 11.9. The number of fused-ring (bicyclic) bond motifs is 2. The molecule has 4 aromatic carbocycles. The zero-order valence-corrected chi connectivity index (χ0v) is 23.6. The first-order valence-electron chi connectivity index (χ1n) is 13.6. The number of phenols is 1. The first-order chi connectivity index (χ1) is 20.4. The van der Waals surface area contributed by atoms with E-state index in [2.05, 4.69) is 10.3 Å². The van der Waals surface area contributed by atoms with Gasteiger partial charge in [0.2, 0.25) is 5.88 Å². The van der Waals surface area contributed by atoms with Crippen LogP contribution in [-0.4, -0.2) is 41.5 Å². The Hall–Kier alpha value is -4.66. The van der Waals surface area contributed by atoms with Gasteiger partial charge in [0.25, 0.3) is 5.91 Å². The molecule has 0 fully saturated rings.